The molecule has 0 aliphatic carbocycles. The Morgan fingerprint density at radius 1 is 1.33 bits per heavy atom. The van der Waals surface area contributed by atoms with Gasteiger partial charge in [-0.2, -0.15) is 0 Å². The van der Waals surface area contributed by atoms with Gasteiger partial charge in [0.05, 0.1) is 13.2 Å². The first-order chi connectivity index (χ1) is 9.60. The molecule has 1 aromatic heterocycles. The highest BCUT2D eigenvalue weighted by Gasteiger charge is 2.32. The van der Waals surface area contributed by atoms with Crippen LogP contribution < -0.4 is 4.72 Å². The Bertz CT molecular complexity index is 617. The number of ether oxygens (including phenoxy) is 1. The molecule has 0 spiro atoms. The molecule has 0 saturated carbocycles. The van der Waals surface area contributed by atoms with Crippen LogP contribution >= 0.6 is 0 Å². The number of sulfonamides is 1. The number of aliphatic hydroxyl groups is 1. The molecule has 2 unspecified atom stereocenters. The van der Waals surface area contributed by atoms with Crippen molar-refractivity contribution in [1.82, 2.24) is 4.72 Å². The lowest BCUT2D eigenvalue weighted by Crippen LogP contribution is -2.35. The Kier molecular flexibility index (Phi) is 5.54. The van der Waals surface area contributed by atoms with Gasteiger partial charge < -0.3 is 14.3 Å². The topological polar surface area (TPSA) is 106 Å². The third-order valence-corrected chi connectivity index (χ3v) is 4.66. The number of aliphatic hydroxyl groups excluding tert-OH is 1. The van der Waals surface area contributed by atoms with Crippen LogP contribution in [0.15, 0.2) is 9.31 Å². The second-order valence-electron chi connectivity index (χ2n) is 5.02. The van der Waals surface area contributed by atoms with Crippen LogP contribution in [0.25, 0.3) is 0 Å². The monoisotopic (exact) mass is 319 g/mol. The largest absolute Gasteiger partial charge is 0.465 e. The molecule has 7 nitrogen and oxygen atoms in total. The van der Waals surface area contributed by atoms with Gasteiger partial charge in [-0.3, -0.25) is 0 Å². The molecular formula is C13H21NO6S. The summed E-state index contributed by atoms with van der Waals surface area (Å²) in [7, 11) is -2.79. The highest BCUT2D eigenvalue weighted by molar-refractivity contribution is 7.89. The Morgan fingerprint density at radius 3 is 2.38 bits per heavy atom. The van der Waals surface area contributed by atoms with E-state index < -0.39 is 28.1 Å². The maximum Gasteiger partial charge on any atom is 0.342 e. The second kappa shape index (κ2) is 6.59. The lowest BCUT2D eigenvalue weighted by atomic mass is 10.2. The van der Waals surface area contributed by atoms with E-state index in [4.69, 9.17) is 4.42 Å². The highest BCUT2D eigenvalue weighted by Crippen LogP contribution is 2.27. The smallest absolute Gasteiger partial charge is 0.342 e. The third-order valence-electron chi connectivity index (χ3n) is 2.91. The van der Waals surface area contributed by atoms with Crippen molar-refractivity contribution in [2.45, 2.75) is 51.2 Å². The van der Waals surface area contributed by atoms with Crippen LogP contribution in [-0.2, 0) is 14.8 Å². The van der Waals surface area contributed by atoms with Gasteiger partial charge in [0, 0.05) is 6.04 Å². The van der Waals surface area contributed by atoms with Gasteiger partial charge >= 0.3 is 5.97 Å². The van der Waals surface area contributed by atoms with Crippen molar-refractivity contribution in [2.24, 2.45) is 0 Å². The number of furan rings is 1. The van der Waals surface area contributed by atoms with Crippen LogP contribution in [0, 0.1) is 13.8 Å². The number of aryl methyl sites for hydroxylation is 2. The van der Waals surface area contributed by atoms with E-state index in [1.54, 1.807) is 13.8 Å². The van der Waals surface area contributed by atoms with E-state index in [1.165, 1.54) is 21.0 Å². The number of methoxy groups -OCH3 is 1. The van der Waals surface area contributed by atoms with Crippen molar-refractivity contribution >= 4 is 16.0 Å². The summed E-state index contributed by atoms with van der Waals surface area (Å²) in [4.78, 5) is 11.5. The molecule has 120 valence electrons. The van der Waals surface area contributed by atoms with Crippen molar-refractivity contribution in [3.8, 4) is 0 Å². The lowest BCUT2D eigenvalue weighted by Gasteiger charge is -2.15. The zero-order valence-electron chi connectivity index (χ0n) is 12.8. The lowest BCUT2D eigenvalue weighted by molar-refractivity contribution is 0.0594. The van der Waals surface area contributed by atoms with E-state index in [1.807, 2.05) is 0 Å². The molecule has 8 heteroatoms. The fraction of sp³-hybridized carbons (Fsp3) is 0.615. The van der Waals surface area contributed by atoms with Gasteiger partial charge in [-0.1, -0.05) is 0 Å². The summed E-state index contributed by atoms with van der Waals surface area (Å²) >= 11 is 0. The zero-order valence-corrected chi connectivity index (χ0v) is 13.6. The molecule has 0 amide bonds. The van der Waals surface area contributed by atoms with Crippen LogP contribution in [0.4, 0.5) is 0 Å². The molecule has 0 bridgehead atoms. The molecule has 0 aromatic carbocycles. The zero-order chi connectivity index (χ0) is 16.4. The van der Waals surface area contributed by atoms with E-state index in [0.29, 0.717) is 0 Å². The maximum absolute atomic E-state index is 12.4. The van der Waals surface area contributed by atoms with Gasteiger partial charge in [0.25, 0.3) is 0 Å². The molecule has 1 heterocycles. The molecule has 0 aliphatic heterocycles. The Labute approximate surface area is 124 Å². The molecular weight excluding hydrogens is 298 g/mol. The quantitative estimate of drug-likeness (QED) is 0.761. The van der Waals surface area contributed by atoms with E-state index in [2.05, 4.69) is 9.46 Å². The minimum Gasteiger partial charge on any atom is -0.465 e. The molecule has 21 heavy (non-hydrogen) atoms. The van der Waals surface area contributed by atoms with Crippen LogP contribution in [0.5, 0.6) is 0 Å². The first kappa shape index (κ1) is 17.7. The highest BCUT2D eigenvalue weighted by atomic mass is 32.2. The summed E-state index contributed by atoms with van der Waals surface area (Å²) in [6.45, 7) is 6.16. The minimum atomic E-state index is -3.96. The molecule has 2 N–H and O–H groups in total. The first-order valence-corrected chi connectivity index (χ1v) is 7.97. The van der Waals surface area contributed by atoms with Gasteiger partial charge in [0.15, 0.2) is 0 Å². The summed E-state index contributed by atoms with van der Waals surface area (Å²) in [5, 5.41) is 9.30. The molecule has 2 atom stereocenters. The Balaban J connectivity index is 3.23. The average molecular weight is 319 g/mol. The second-order valence-corrected chi connectivity index (χ2v) is 6.67. The maximum atomic E-state index is 12.4. The van der Waals surface area contributed by atoms with Gasteiger partial charge in [-0.25, -0.2) is 17.9 Å². The normalized spacial score (nSPS) is 14.8. The van der Waals surface area contributed by atoms with Crippen molar-refractivity contribution in [1.29, 1.82) is 0 Å². The van der Waals surface area contributed by atoms with Crippen molar-refractivity contribution in [2.75, 3.05) is 7.11 Å². The number of rotatable bonds is 6. The standard InChI is InChI=1S/C13H21NO6S/c1-7(6-8(2)15)14-21(17,18)12-10(4)20-9(3)11(12)13(16)19-5/h7-8,14-15H,6H2,1-5H3. The minimum absolute atomic E-state index is 0.105. The Hall–Kier alpha value is -1.38. The molecule has 1 rings (SSSR count). The van der Waals surface area contributed by atoms with Crippen LogP contribution in [0.1, 0.15) is 42.1 Å². The van der Waals surface area contributed by atoms with Crippen LogP contribution in [0.2, 0.25) is 0 Å². The number of nitrogens with one attached hydrogen (secondary N) is 1. The van der Waals surface area contributed by atoms with E-state index >= 15 is 0 Å². The summed E-state index contributed by atoms with van der Waals surface area (Å²) in [5.41, 5.74) is -0.105. The Morgan fingerprint density at radius 2 is 1.90 bits per heavy atom. The number of hydrogen-bond donors (Lipinski definition) is 2. The molecule has 0 radical (unpaired) electrons. The number of esters is 1. The number of carbonyl (C=O) groups is 1. The number of hydrogen-bond acceptors (Lipinski definition) is 6. The van der Waals surface area contributed by atoms with E-state index in [9.17, 15) is 18.3 Å². The van der Waals surface area contributed by atoms with Gasteiger partial charge in [0.1, 0.15) is 22.0 Å². The summed E-state index contributed by atoms with van der Waals surface area (Å²) in [6.07, 6.45) is -0.391. The summed E-state index contributed by atoms with van der Waals surface area (Å²) in [5.74, 6) is -0.472. The number of carbonyl (C=O) groups excluding carboxylic acids is 1. The molecule has 0 aliphatic rings. The fourth-order valence-corrected chi connectivity index (χ4v) is 3.87. The predicted molar refractivity (Wildman–Crippen MR) is 75.6 cm³/mol. The van der Waals surface area contributed by atoms with E-state index in [0.717, 1.165) is 0 Å². The van der Waals surface area contributed by atoms with Gasteiger partial charge in [-0.15, -0.1) is 0 Å². The van der Waals surface area contributed by atoms with Crippen molar-refractivity contribution < 1.29 is 27.5 Å². The molecule has 0 saturated heterocycles. The third kappa shape index (κ3) is 4.05. The average Bonchev–Trinajstić information content (AvgIpc) is 2.61. The summed E-state index contributed by atoms with van der Waals surface area (Å²) in [6, 6.07) is -0.491. The van der Waals surface area contributed by atoms with Crippen molar-refractivity contribution in [3.63, 3.8) is 0 Å². The fourth-order valence-electron chi connectivity index (χ4n) is 2.21. The predicted octanol–water partition coefficient (Wildman–Crippen LogP) is 1.12. The van der Waals surface area contributed by atoms with Crippen LogP contribution in [0.3, 0.4) is 0 Å². The molecule has 0 fully saturated rings. The van der Waals surface area contributed by atoms with Gasteiger partial charge in [-0.05, 0) is 34.1 Å². The first-order valence-electron chi connectivity index (χ1n) is 6.48. The SMILES string of the molecule is COC(=O)c1c(C)oc(C)c1S(=O)(=O)NC(C)CC(C)O. The molecule has 1 aromatic rings. The summed E-state index contributed by atoms with van der Waals surface area (Å²) < 4.78 is 37.2. The van der Waals surface area contributed by atoms with Gasteiger partial charge in [0.2, 0.25) is 10.0 Å². The van der Waals surface area contributed by atoms with Crippen LogP contribution in [-0.4, -0.2) is 38.7 Å². The van der Waals surface area contributed by atoms with E-state index in [-0.39, 0.29) is 28.4 Å². The van der Waals surface area contributed by atoms with Crippen molar-refractivity contribution in [3.05, 3.63) is 17.1 Å².